The Hall–Kier alpha value is -3.95. The highest BCUT2D eigenvalue weighted by molar-refractivity contribution is 6.09. The van der Waals surface area contributed by atoms with E-state index in [1.807, 2.05) is 0 Å². The number of fused-ring (bicyclic) bond motifs is 2. The van der Waals surface area contributed by atoms with Crippen LogP contribution in [-0.2, 0) is 16.6 Å². The zero-order valence-corrected chi connectivity index (χ0v) is 17.6. The van der Waals surface area contributed by atoms with Crippen LogP contribution in [0.4, 0.5) is 16.0 Å². The van der Waals surface area contributed by atoms with Crippen molar-refractivity contribution in [3.05, 3.63) is 59.4 Å². The van der Waals surface area contributed by atoms with Gasteiger partial charge in [0, 0.05) is 0 Å². The third kappa shape index (κ3) is 2.98. The Labute approximate surface area is 182 Å². The maximum atomic E-state index is 13.4. The van der Waals surface area contributed by atoms with Gasteiger partial charge in [0.05, 0.1) is 17.5 Å². The van der Waals surface area contributed by atoms with Gasteiger partial charge in [-0.3, -0.25) is 4.79 Å². The Morgan fingerprint density at radius 3 is 2.72 bits per heavy atom. The molecular formula is C22H21FN8O. The van der Waals surface area contributed by atoms with E-state index in [0.29, 0.717) is 28.3 Å². The molecule has 0 radical (unpaired) electrons. The average Bonchev–Trinajstić information content (AvgIpc) is 3.35. The van der Waals surface area contributed by atoms with E-state index in [9.17, 15) is 9.18 Å². The monoisotopic (exact) mass is 432 g/mol. The van der Waals surface area contributed by atoms with E-state index in [1.165, 1.54) is 18.5 Å². The van der Waals surface area contributed by atoms with Gasteiger partial charge in [-0.05, 0) is 37.5 Å². The fourth-order valence-corrected chi connectivity index (χ4v) is 4.09. The molecule has 1 amide bonds. The molecule has 0 aliphatic carbocycles. The molecule has 3 aromatic heterocycles. The molecule has 0 fully saturated rings. The molecule has 0 saturated heterocycles. The Bertz CT molecular complexity index is 1350. The van der Waals surface area contributed by atoms with Crippen molar-refractivity contribution >= 4 is 23.2 Å². The second-order valence-corrected chi connectivity index (χ2v) is 7.95. The van der Waals surface area contributed by atoms with Gasteiger partial charge in [-0.1, -0.05) is 25.5 Å². The number of anilines is 2. The Morgan fingerprint density at radius 1 is 1.19 bits per heavy atom. The van der Waals surface area contributed by atoms with Crippen molar-refractivity contribution in [1.29, 1.82) is 0 Å². The Balaban J connectivity index is 1.63. The number of nitrogen functional groups attached to an aromatic ring is 1. The summed E-state index contributed by atoms with van der Waals surface area (Å²) in [7, 11) is 0. The summed E-state index contributed by atoms with van der Waals surface area (Å²) >= 11 is 0. The van der Waals surface area contributed by atoms with Crippen molar-refractivity contribution in [2.75, 3.05) is 11.1 Å². The van der Waals surface area contributed by atoms with E-state index in [2.05, 4.69) is 32.3 Å². The summed E-state index contributed by atoms with van der Waals surface area (Å²) in [5.74, 6) is 0.0651. The van der Waals surface area contributed by atoms with Crippen LogP contribution >= 0.6 is 0 Å². The van der Waals surface area contributed by atoms with Crippen LogP contribution < -0.4 is 11.1 Å². The van der Waals surface area contributed by atoms with Crippen LogP contribution in [0.25, 0.3) is 17.2 Å². The van der Waals surface area contributed by atoms with Gasteiger partial charge in [0.2, 0.25) is 5.91 Å². The molecule has 1 unspecified atom stereocenters. The lowest BCUT2D eigenvalue weighted by Crippen LogP contribution is -2.33. The van der Waals surface area contributed by atoms with E-state index < -0.39 is 5.41 Å². The highest BCUT2D eigenvalue weighted by Crippen LogP contribution is 2.44. The molecule has 0 bridgehead atoms. The van der Waals surface area contributed by atoms with Gasteiger partial charge in [-0.15, -0.1) is 0 Å². The number of carbonyl (C=O) groups is 1. The highest BCUT2D eigenvalue weighted by atomic mass is 19.1. The standard InChI is InChI=1S/C22H21FN8O/c1-3-4-5-14-20-25-11-26-31(20)10-15(27-14)18-28-17(24)16-19(29-18)30-21(32)22(16,2)12-6-8-13(23)9-7-12/h6-11H,3-5H2,1-2H3,(H3,24,28,29,30,32). The van der Waals surface area contributed by atoms with Crippen LogP contribution in [0.1, 0.15) is 43.5 Å². The number of carbonyl (C=O) groups excluding carboxylic acids is 1. The van der Waals surface area contributed by atoms with Crippen LogP contribution in [0, 0.1) is 5.82 Å². The number of halogens is 1. The molecule has 0 saturated carbocycles. The maximum absolute atomic E-state index is 13.4. The summed E-state index contributed by atoms with van der Waals surface area (Å²) in [5, 5.41) is 7.04. The molecular weight excluding hydrogens is 411 g/mol. The van der Waals surface area contributed by atoms with Crippen molar-refractivity contribution < 1.29 is 9.18 Å². The normalized spacial score (nSPS) is 17.5. The number of amides is 1. The van der Waals surface area contributed by atoms with Crippen LogP contribution in [0.3, 0.4) is 0 Å². The summed E-state index contributed by atoms with van der Waals surface area (Å²) in [6.07, 6.45) is 5.88. The minimum absolute atomic E-state index is 0.158. The van der Waals surface area contributed by atoms with Crippen molar-refractivity contribution in [1.82, 2.24) is 29.5 Å². The summed E-state index contributed by atoms with van der Waals surface area (Å²) < 4.78 is 15.1. The predicted molar refractivity (Wildman–Crippen MR) is 116 cm³/mol. The topological polar surface area (TPSA) is 124 Å². The van der Waals surface area contributed by atoms with Gasteiger partial charge in [0.15, 0.2) is 11.5 Å². The molecule has 1 aliphatic rings. The van der Waals surface area contributed by atoms with Gasteiger partial charge in [-0.25, -0.2) is 28.8 Å². The molecule has 0 spiro atoms. The number of hydrogen-bond acceptors (Lipinski definition) is 7. The molecule has 1 aromatic carbocycles. The van der Waals surface area contributed by atoms with Gasteiger partial charge < -0.3 is 11.1 Å². The van der Waals surface area contributed by atoms with Gasteiger partial charge in [0.25, 0.3) is 0 Å². The smallest absolute Gasteiger partial charge is 0.240 e. The zero-order valence-electron chi connectivity index (χ0n) is 17.6. The lowest BCUT2D eigenvalue weighted by Gasteiger charge is -2.23. The molecule has 1 aliphatic heterocycles. The second kappa shape index (κ2) is 7.33. The first-order valence-corrected chi connectivity index (χ1v) is 10.4. The van der Waals surface area contributed by atoms with E-state index >= 15 is 0 Å². The molecule has 10 heteroatoms. The van der Waals surface area contributed by atoms with Crippen LogP contribution in [-0.4, -0.2) is 35.5 Å². The van der Waals surface area contributed by atoms with Gasteiger partial charge >= 0.3 is 0 Å². The SMILES string of the molecule is CCCCc1nc(-c2nc(N)c3c(n2)NC(=O)C3(C)c2ccc(F)cc2)cn2ncnc12. The third-order valence-corrected chi connectivity index (χ3v) is 5.87. The Kier molecular flexibility index (Phi) is 4.58. The number of hydrogen-bond donors (Lipinski definition) is 2. The number of benzene rings is 1. The van der Waals surface area contributed by atoms with Crippen LogP contribution in [0.15, 0.2) is 36.8 Å². The number of nitrogens with zero attached hydrogens (tertiary/aromatic N) is 6. The van der Waals surface area contributed by atoms with Crippen molar-refractivity contribution in [3.8, 4) is 11.5 Å². The fraction of sp³-hybridized carbons (Fsp3) is 0.273. The minimum Gasteiger partial charge on any atom is -0.383 e. The minimum atomic E-state index is -1.14. The van der Waals surface area contributed by atoms with E-state index in [1.54, 1.807) is 29.8 Å². The molecule has 162 valence electrons. The lowest BCUT2D eigenvalue weighted by molar-refractivity contribution is -0.119. The number of unbranched alkanes of at least 4 members (excludes halogenated alkanes) is 1. The maximum Gasteiger partial charge on any atom is 0.240 e. The summed E-state index contributed by atoms with van der Waals surface area (Å²) in [4.78, 5) is 31.0. The van der Waals surface area contributed by atoms with Gasteiger partial charge in [-0.2, -0.15) is 5.10 Å². The first-order valence-electron chi connectivity index (χ1n) is 10.4. The van der Waals surface area contributed by atoms with E-state index in [-0.39, 0.29) is 23.4 Å². The number of rotatable bonds is 5. The van der Waals surface area contributed by atoms with Crippen LogP contribution in [0.2, 0.25) is 0 Å². The lowest BCUT2D eigenvalue weighted by atomic mass is 9.78. The average molecular weight is 432 g/mol. The van der Waals surface area contributed by atoms with Crippen molar-refractivity contribution in [2.45, 2.75) is 38.5 Å². The summed E-state index contributed by atoms with van der Waals surface area (Å²) in [6.45, 7) is 3.83. The van der Waals surface area contributed by atoms with E-state index in [0.717, 1.165) is 25.0 Å². The number of nitrogens with two attached hydrogens (primary N) is 1. The van der Waals surface area contributed by atoms with E-state index in [4.69, 9.17) is 10.7 Å². The summed E-state index contributed by atoms with van der Waals surface area (Å²) in [6, 6.07) is 5.76. The van der Waals surface area contributed by atoms with Crippen molar-refractivity contribution in [2.24, 2.45) is 0 Å². The molecule has 3 N–H and O–H groups in total. The number of nitrogens with one attached hydrogen (secondary N) is 1. The van der Waals surface area contributed by atoms with Crippen molar-refractivity contribution in [3.63, 3.8) is 0 Å². The molecule has 9 nitrogen and oxygen atoms in total. The summed E-state index contributed by atoms with van der Waals surface area (Å²) in [5.41, 5.74) is 8.24. The first-order chi connectivity index (χ1) is 15.4. The molecule has 4 heterocycles. The number of aromatic nitrogens is 6. The molecule has 5 rings (SSSR count). The predicted octanol–water partition coefficient (Wildman–Crippen LogP) is 2.90. The second-order valence-electron chi connectivity index (χ2n) is 7.95. The van der Waals surface area contributed by atoms with Gasteiger partial charge in [0.1, 0.15) is 34.9 Å². The van der Waals surface area contributed by atoms with Crippen LogP contribution in [0.5, 0.6) is 0 Å². The first kappa shape index (κ1) is 20.0. The molecule has 32 heavy (non-hydrogen) atoms. The Morgan fingerprint density at radius 2 is 1.97 bits per heavy atom. The highest BCUT2D eigenvalue weighted by Gasteiger charge is 2.47. The molecule has 1 atom stereocenters. The quantitative estimate of drug-likeness (QED) is 0.497. The third-order valence-electron chi connectivity index (χ3n) is 5.87. The largest absolute Gasteiger partial charge is 0.383 e. The fourth-order valence-electron chi connectivity index (χ4n) is 4.09. The number of aryl methyl sites for hydroxylation is 1. The zero-order chi connectivity index (χ0) is 22.5. The molecule has 4 aromatic rings.